The van der Waals surface area contributed by atoms with Crippen LogP contribution in [0.5, 0.6) is 5.75 Å². The molecule has 0 saturated carbocycles. The average molecular weight is 354 g/mol. The monoisotopic (exact) mass is 354 g/mol. The number of amides is 1. The van der Waals surface area contributed by atoms with Crippen molar-refractivity contribution in [2.24, 2.45) is 0 Å². The van der Waals surface area contributed by atoms with Gasteiger partial charge in [-0.15, -0.1) is 0 Å². The lowest BCUT2D eigenvalue weighted by molar-refractivity contribution is -0.129. The minimum absolute atomic E-state index is 0.114. The molecule has 1 amide bonds. The molecule has 1 atom stereocenters. The third-order valence-electron chi connectivity index (χ3n) is 4.84. The number of pyridine rings is 1. The van der Waals surface area contributed by atoms with Gasteiger partial charge in [-0.1, -0.05) is 0 Å². The second-order valence-corrected chi connectivity index (χ2v) is 6.63. The Balaban J connectivity index is 1.42. The number of piperazine rings is 1. The van der Waals surface area contributed by atoms with Crippen molar-refractivity contribution in [3.05, 3.63) is 36.9 Å². The van der Waals surface area contributed by atoms with Crippen LogP contribution in [-0.2, 0) is 4.79 Å². The van der Waals surface area contributed by atoms with Crippen molar-refractivity contribution in [1.29, 1.82) is 0 Å². The molecule has 2 aliphatic heterocycles. The van der Waals surface area contributed by atoms with Crippen LogP contribution < -0.4 is 14.5 Å². The van der Waals surface area contributed by atoms with Gasteiger partial charge in [0.1, 0.15) is 29.8 Å². The summed E-state index contributed by atoms with van der Waals surface area (Å²) in [6, 6.07) is 5.71. The average Bonchev–Trinajstić information content (AvgIpc) is 3.13. The van der Waals surface area contributed by atoms with E-state index in [1.807, 2.05) is 30.1 Å². The number of nitrogens with zero attached hydrogens (tertiary/aromatic N) is 6. The molecule has 8 nitrogen and oxygen atoms in total. The number of carbonyl (C=O) groups excluding carboxylic acids is 1. The predicted octanol–water partition coefficient (Wildman–Crippen LogP) is 0.808. The first-order chi connectivity index (χ1) is 12.7. The molecule has 2 aromatic heterocycles. The smallest absolute Gasteiger partial charge is 0.241 e. The summed E-state index contributed by atoms with van der Waals surface area (Å²) in [5, 5.41) is 0. The van der Waals surface area contributed by atoms with Crippen LogP contribution in [0.25, 0.3) is 0 Å². The van der Waals surface area contributed by atoms with Crippen LogP contribution in [0.4, 0.5) is 11.6 Å². The normalized spacial score (nSPS) is 20.6. The molecule has 8 heteroatoms. The molecule has 26 heavy (non-hydrogen) atoms. The van der Waals surface area contributed by atoms with Crippen LogP contribution in [0.3, 0.4) is 0 Å². The van der Waals surface area contributed by atoms with Gasteiger partial charge < -0.3 is 19.4 Å². The Kier molecular flexibility index (Phi) is 4.55. The lowest BCUT2D eigenvalue weighted by Crippen LogP contribution is -2.48. The number of hydrogen-bond acceptors (Lipinski definition) is 7. The number of hydrogen-bond donors (Lipinski definition) is 0. The highest BCUT2D eigenvalue weighted by atomic mass is 16.5. The molecule has 136 valence electrons. The Hall–Kier alpha value is -2.90. The van der Waals surface area contributed by atoms with Crippen molar-refractivity contribution >= 4 is 17.5 Å². The van der Waals surface area contributed by atoms with Gasteiger partial charge in [-0.05, 0) is 12.1 Å². The number of likely N-dealkylation sites (N-methyl/N-ethyl adjacent to an activating group) is 1. The molecule has 0 spiro atoms. The van der Waals surface area contributed by atoms with E-state index in [0.29, 0.717) is 13.1 Å². The fourth-order valence-electron chi connectivity index (χ4n) is 3.28. The van der Waals surface area contributed by atoms with E-state index in [1.54, 1.807) is 23.6 Å². The summed E-state index contributed by atoms with van der Waals surface area (Å²) in [6.07, 6.45) is 6.10. The zero-order chi connectivity index (χ0) is 17.9. The Morgan fingerprint density at radius 3 is 2.62 bits per heavy atom. The lowest BCUT2D eigenvalue weighted by Gasteiger charge is -2.33. The molecular formula is C18H22N6O2. The Bertz CT molecular complexity index is 771. The van der Waals surface area contributed by atoms with Crippen molar-refractivity contribution in [2.45, 2.75) is 12.5 Å². The second-order valence-electron chi connectivity index (χ2n) is 6.63. The van der Waals surface area contributed by atoms with Crippen LogP contribution in [0.15, 0.2) is 36.9 Å². The van der Waals surface area contributed by atoms with Gasteiger partial charge in [-0.25, -0.2) is 9.97 Å². The minimum Gasteiger partial charge on any atom is -0.488 e. The van der Waals surface area contributed by atoms with Crippen LogP contribution in [-0.4, -0.2) is 71.6 Å². The number of ether oxygens (including phenoxy) is 1. The lowest BCUT2D eigenvalue weighted by atomic mass is 10.3. The molecule has 0 N–H and O–H groups in total. The number of rotatable bonds is 4. The summed E-state index contributed by atoms with van der Waals surface area (Å²) < 4.78 is 6.01. The van der Waals surface area contributed by atoms with E-state index >= 15 is 0 Å². The van der Waals surface area contributed by atoms with E-state index in [4.69, 9.17) is 4.74 Å². The summed E-state index contributed by atoms with van der Waals surface area (Å²) in [4.78, 5) is 30.7. The maximum atomic E-state index is 11.9. The molecule has 0 aliphatic carbocycles. The Labute approximate surface area is 152 Å². The largest absolute Gasteiger partial charge is 0.488 e. The highest BCUT2D eigenvalue weighted by molar-refractivity contribution is 5.82. The van der Waals surface area contributed by atoms with E-state index in [9.17, 15) is 4.79 Å². The topological polar surface area (TPSA) is 74.7 Å². The van der Waals surface area contributed by atoms with Gasteiger partial charge in [0.15, 0.2) is 0 Å². The number of anilines is 2. The van der Waals surface area contributed by atoms with Gasteiger partial charge in [0.05, 0.1) is 13.1 Å². The molecule has 4 rings (SSSR count). The summed E-state index contributed by atoms with van der Waals surface area (Å²) in [5.41, 5.74) is 0. The van der Waals surface area contributed by atoms with Crippen LogP contribution in [0, 0.1) is 0 Å². The van der Waals surface area contributed by atoms with Gasteiger partial charge in [0.2, 0.25) is 5.91 Å². The molecule has 2 aromatic rings. The van der Waals surface area contributed by atoms with Gasteiger partial charge in [-0.3, -0.25) is 9.78 Å². The maximum absolute atomic E-state index is 11.9. The number of carbonyl (C=O) groups is 1. The fraction of sp³-hybridized carbons (Fsp3) is 0.444. The van der Waals surface area contributed by atoms with E-state index in [-0.39, 0.29) is 12.0 Å². The van der Waals surface area contributed by atoms with E-state index in [0.717, 1.165) is 43.4 Å². The van der Waals surface area contributed by atoms with E-state index in [1.165, 1.54) is 0 Å². The quantitative estimate of drug-likeness (QED) is 0.804. The minimum atomic E-state index is 0.114. The van der Waals surface area contributed by atoms with Crippen LogP contribution in [0.1, 0.15) is 6.42 Å². The summed E-state index contributed by atoms with van der Waals surface area (Å²) in [5.74, 6) is 2.63. The van der Waals surface area contributed by atoms with E-state index in [2.05, 4.69) is 19.9 Å². The predicted molar refractivity (Wildman–Crippen MR) is 97.4 cm³/mol. The molecule has 0 aromatic carbocycles. The SMILES string of the molecule is CN1CCN(c2cc(N3CCC(Oc4ccncc4)C3)ncn2)CC1=O. The molecule has 2 saturated heterocycles. The van der Waals surface area contributed by atoms with Crippen molar-refractivity contribution in [3.8, 4) is 5.75 Å². The molecule has 0 bridgehead atoms. The number of aromatic nitrogens is 3. The summed E-state index contributed by atoms with van der Waals surface area (Å²) in [7, 11) is 1.83. The zero-order valence-corrected chi connectivity index (χ0v) is 14.8. The molecule has 0 radical (unpaired) electrons. The van der Waals surface area contributed by atoms with Crippen molar-refractivity contribution in [1.82, 2.24) is 19.9 Å². The molecule has 4 heterocycles. The molecular weight excluding hydrogens is 332 g/mol. The molecule has 2 aliphatic rings. The van der Waals surface area contributed by atoms with Gasteiger partial charge in [0, 0.05) is 51.6 Å². The molecule has 2 fully saturated rings. The van der Waals surface area contributed by atoms with Crippen molar-refractivity contribution in [2.75, 3.05) is 49.6 Å². The summed E-state index contributed by atoms with van der Waals surface area (Å²) >= 11 is 0. The fourth-order valence-corrected chi connectivity index (χ4v) is 3.28. The summed E-state index contributed by atoms with van der Waals surface area (Å²) in [6.45, 7) is 3.52. The first kappa shape index (κ1) is 16.6. The first-order valence-corrected chi connectivity index (χ1v) is 8.81. The van der Waals surface area contributed by atoms with Gasteiger partial charge >= 0.3 is 0 Å². The first-order valence-electron chi connectivity index (χ1n) is 8.81. The second kappa shape index (κ2) is 7.15. The van der Waals surface area contributed by atoms with Gasteiger partial charge in [0.25, 0.3) is 0 Å². The third kappa shape index (κ3) is 3.54. The highest BCUT2D eigenvalue weighted by Gasteiger charge is 2.27. The van der Waals surface area contributed by atoms with Crippen LogP contribution >= 0.6 is 0 Å². The highest BCUT2D eigenvalue weighted by Crippen LogP contribution is 2.24. The van der Waals surface area contributed by atoms with Crippen molar-refractivity contribution in [3.63, 3.8) is 0 Å². The third-order valence-corrected chi connectivity index (χ3v) is 4.84. The Morgan fingerprint density at radius 2 is 1.85 bits per heavy atom. The maximum Gasteiger partial charge on any atom is 0.241 e. The zero-order valence-electron chi connectivity index (χ0n) is 14.8. The Morgan fingerprint density at radius 1 is 1.08 bits per heavy atom. The van der Waals surface area contributed by atoms with E-state index < -0.39 is 0 Å². The molecule has 1 unspecified atom stereocenters. The van der Waals surface area contributed by atoms with Gasteiger partial charge in [-0.2, -0.15) is 0 Å². The standard InChI is InChI=1S/C18H22N6O2/c1-22-8-9-24(12-18(22)25)17-10-16(20-13-21-17)23-7-4-15(11-23)26-14-2-5-19-6-3-14/h2-3,5-6,10,13,15H,4,7-9,11-12H2,1H3. The van der Waals surface area contributed by atoms with Crippen molar-refractivity contribution < 1.29 is 9.53 Å². The van der Waals surface area contributed by atoms with Crippen LogP contribution in [0.2, 0.25) is 0 Å².